The molecule has 0 spiro atoms. The minimum absolute atomic E-state index is 0.0139. The van der Waals surface area contributed by atoms with Crippen LogP contribution in [-0.2, 0) is 4.79 Å². The standard InChI is InChI=1S/C26H28F3N5O4/c1-12-21(26(37)34-18-8-15(7-17(18)27)33-20(36)9-35)23-24(32-12)22(30-11-31-23)16-6-14(25(28)29)4-5-19(16)38-10-13-2-3-13/h4-6,11,13,15,17-18,25,32,35H,2-3,7-10H2,1H3,(H,33,36)(H,34,37). The van der Waals surface area contributed by atoms with E-state index in [9.17, 15) is 22.8 Å². The summed E-state index contributed by atoms with van der Waals surface area (Å²) >= 11 is 0. The Balaban J connectivity index is 1.45. The lowest BCUT2D eigenvalue weighted by Gasteiger charge is -2.15. The Kier molecular flexibility index (Phi) is 7.24. The monoisotopic (exact) mass is 531 g/mol. The number of aromatic amines is 1. The van der Waals surface area contributed by atoms with Crippen LogP contribution in [-0.4, -0.2) is 63.3 Å². The minimum atomic E-state index is -2.69. The van der Waals surface area contributed by atoms with Gasteiger partial charge in [-0.3, -0.25) is 9.59 Å². The lowest BCUT2D eigenvalue weighted by Crippen LogP contribution is -2.40. The summed E-state index contributed by atoms with van der Waals surface area (Å²) in [6.07, 6.45) is -0.529. The number of alkyl halides is 3. The van der Waals surface area contributed by atoms with Gasteiger partial charge in [-0.05, 0) is 50.3 Å². The van der Waals surface area contributed by atoms with Crippen LogP contribution < -0.4 is 15.4 Å². The molecular weight excluding hydrogens is 503 g/mol. The molecule has 0 bridgehead atoms. The molecule has 2 saturated carbocycles. The van der Waals surface area contributed by atoms with Gasteiger partial charge in [0.15, 0.2) is 0 Å². The summed E-state index contributed by atoms with van der Waals surface area (Å²) in [5, 5.41) is 14.1. The number of nitrogens with one attached hydrogen (secondary N) is 3. The van der Waals surface area contributed by atoms with E-state index in [-0.39, 0.29) is 29.5 Å². The highest BCUT2D eigenvalue weighted by Gasteiger charge is 2.37. The van der Waals surface area contributed by atoms with Crippen LogP contribution in [0.1, 0.15) is 53.7 Å². The Hall–Kier alpha value is -3.67. The Bertz CT molecular complexity index is 1360. The van der Waals surface area contributed by atoms with Crippen LogP contribution >= 0.6 is 0 Å². The fourth-order valence-electron chi connectivity index (χ4n) is 4.86. The summed E-state index contributed by atoms with van der Waals surface area (Å²) in [4.78, 5) is 36.4. The number of carbonyl (C=O) groups is 2. The Morgan fingerprint density at radius 1 is 1.21 bits per heavy atom. The van der Waals surface area contributed by atoms with Crippen molar-refractivity contribution in [3.05, 3.63) is 41.3 Å². The van der Waals surface area contributed by atoms with Gasteiger partial charge < -0.3 is 25.5 Å². The molecule has 38 heavy (non-hydrogen) atoms. The van der Waals surface area contributed by atoms with Gasteiger partial charge in [-0.2, -0.15) is 0 Å². The number of H-pyrrole nitrogens is 1. The molecule has 0 radical (unpaired) electrons. The number of carbonyl (C=O) groups excluding carboxylic acids is 2. The number of amides is 2. The molecule has 3 atom stereocenters. The fraction of sp³-hybridized carbons (Fsp3) is 0.462. The highest BCUT2D eigenvalue weighted by atomic mass is 19.3. The molecule has 2 aromatic heterocycles. The van der Waals surface area contributed by atoms with E-state index in [0.717, 1.165) is 12.8 Å². The predicted molar refractivity (Wildman–Crippen MR) is 132 cm³/mol. The molecule has 202 valence electrons. The van der Waals surface area contributed by atoms with E-state index < -0.39 is 43.1 Å². The third-order valence-electron chi connectivity index (χ3n) is 6.99. The SMILES string of the molecule is Cc1[nH]c2c(-c3cc(C(F)F)ccc3OCC3CC3)ncnc2c1C(=O)NC1CC(NC(=O)CO)CC1F. The number of nitrogens with zero attached hydrogens (tertiary/aromatic N) is 2. The van der Waals surface area contributed by atoms with Crippen LogP contribution in [0.5, 0.6) is 5.75 Å². The molecule has 4 N–H and O–H groups in total. The number of aromatic nitrogens is 3. The van der Waals surface area contributed by atoms with Crippen molar-refractivity contribution >= 4 is 22.8 Å². The number of aliphatic hydroxyl groups is 1. The molecule has 0 saturated heterocycles. The maximum absolute atomic E-state index is 14.6. The molecule has 2 amide bonds. The molecule has 1 aromatic carbocycles. The Morgan fingerprint density at radius 2 is 2.00 bits per heavy atom. The molecule has 0 aliphatic heterocycles. The highest BCUT2D eigenvalue weighted by molar-refractivity contribution is 6.09. The summed E-state index contributed by atoms with van der Waals surface area (Å²) in [6.45, 7) is 1.43. The van der Waals surface area contributed by atoms with Crippen molar-refractivity contribution in [1.82, 2.24) is 25.6 Å². The average molecular weight is 532 g/mol. The van der Waals surface area contributed by atoms with Gasteiger partial charge in [0, 0.05) is 29.3 Å². The zero-order chi connectivity index (χ0) is 27.0. The van der Waals surface area contributed by atoms with Gasteiger partial charge in [0.2, 0.25) is 5.91 Å². The van der Waals surface area contributed by atoms with Crippen molar-refractivity contribution in [3.63, 3.8) is 0 Å². The molecule has 2 fully saturated rings. The van der Waals surface area contributed by atoms with Crippen molar-refractivity contribution in [2.45, 2.75) is 57.3 Å². The smallest absolute Gasteiger partial charge is 0.263 e. The lowest BCUT2D eigenvalue weighted by molar-refractivity contribution is -0.124. The normalized spacial score (nSPS) is 21.2. The van der Waals surface area contributed by atoms with Gasteiger partial charge in [0.25, 0.3) is 12.3 Å². The first-order valence-corrected chi connectivity index (χ1v) is 12.5. The van der Waals surface area contributed by atoms with Crippen LogP contribution in [0.4, 0.5) is 13.2 Å². The molecular formula is C26H28F3N5O4. The van der Waals surface area contributed by atoms with Crippen molar-refractivity contribution < 1.29 is 32.6 Å². The Morgan fingerprint density at radius 3 is 2.71 bits per heavy atom. The van der Waals surface area contributed by atoms with Crippen LogP contribution in [0.15, 0.2) is 24.5 Å². The summed E-state index contributed by atoms with van der Waals surface area (Å²) in [6, 6.07) is 2.80. The third kappa shape index (κ3) is 5.31. The maximum Gasteiger partial charge on any atom is 0.263 e. The maximum atomic E-state index is 14.6. The molecule has 3 unspecified atom stereocenters. The first-order chi connectivity index (χ1) is 18.2. The number of fused-ring (bicyclic) bond motifs is 1. The molecule has 2 aliphatic carbocycles. The number of halogens is 3. The van der Waals surface area contributed by atoms with E-state index in [2.05, 4.69) is 25.6 Å². The van der Waals surface area contributed by atoms with Crippen LogP contribution in [0, 0.1) is 12.8 Å². The highest BCUT2D eigenvalue weighted by Crippen LogP contribution is 2.38. The second-order valence-electron chi connectivity index (χ2n) is 9.87. The van der Waals surface area contributed by atoms with Gasteiger partial charge in [-0.15, -0.1) is 0 Å². The zero-order valence-electron chi connectivity index (χ0n) is 20.6. The number of hydrogen-bond donors (Lipinski definition) is 4. The molecule has 2 heterocycles. The largest absolute Gasteiger partial charge is 0.493 e. The van der Waals surface area contributed by atoms with Gasteiger partial charge in [-0.25, -0.2) is 23.1 Å². The summed E-state index contributed by atoms with van der Waals surface area (Å²) in [7, 11) is 0. The van der Waals surface area contributed by atoms with Crippen molar-refractivity contribution in [3.8, 4) is 17.0 Å². The average Bonchev–Trinajstić information content (AvgIpc) is 3.57. The van der Waals surface area contributed by atoms with Gasteiger partial charge in [0.1, 0.15) is 36.1 Å². The molecule has 12 heteroatoms. The van der Waals surface area contributed by atoms with E-state index in [1.54, 1.807) is 6.92 Å². The topological polar surface area (TPSA) is 129 Å². The summed E-state index contributed by atoms with van der Waals surface area (Å²) in [5.74, 6) is -0.326. The van der Waals surface area contributed by atoms with Crippen LogP contribution in [0.3, 0.4) is 0 Å². The van der Waals surface area contributed by atoms with Crippen LogP contribution in [0.2, 0.25) is 0 Å². The van der Waals surface area contributed by atoms with E-state index in [1.165, 1.54) is 24.5 Å². The second-order valence-corrected chi connectivity index (χ2v) is 9.87. The number of hydrogen-bond acceptors (Lipinski definition) is 6. The number of benzene rings is 1. The second kappa shape index (κ2) is 10.6. The van der Waals surface area contributed by atoms with E-state index in [4.69, 9.17) is 9.84 Å². The number of rotatable bonds is 9. The van der Waals surface area contributed by atoms with E-state index in [1.807, 2.05) is 0 Å². The number of aliphatic hydroxyl groups excluding tert-OH is 1. The van der Waals surface area contributed by atoms with Gasteiger partial charge >= 0.3 is 0 Å². The van der Waals surface area contributed by atoms with Crippen LogP contribution in [0.25, 0.3) is 22.3 Å². The zero-order valence-corrected chi connectivity index (χ0v) is 20.6. The van der Waals surface area contributed by atoms with Gasteiger partial charge in [-0.1, -0.05) is 0 Å². The first kappa shape index (κ1) is 26.0. The van der Waals surface area contributed by atoms with Crippen molar-refractivity contribution in [1.29, 1.82) is 0 Å². The summed E-state index contributed by atoms with van der Waals surface area (Å²) < 4.78 is 47.7. The van der Waals surface area contributed by atoms with E-state index >= 15 is 0 Å². The lowest BCUT2D eigenvalue weighted by atomic mass is 10.0. The Labute approximate surface area is 216 Å². The molecule has 5 rings (SSSR count). The number of ether oxygens (including phenoxy) is 1. The quantitative estimate of drug-likeness (QED) is 0.335. The minimum Gasteiger partial charge on any atom is -0.493 e. The third-order valence-corrected chi connectivity index (χ3v) is 6.99. The predicted octanol–water partition coefficient (Wildman–Crippen LogP) is 3.37. The van der Waals surface area contributed by atoms with Crippen molar-refractivity contribution in [2.75, 3.05) is 13.2 Å². The summed E-state index contributed by atoms with van der Waals surface area (Å²) in [5.41, 5.74) is 1.73. The van der Waals surface area contributed by atoms with Gasteiger partial charge in [0.05, 0.1) is 23.7 Å². The molecule has 9 nitrogen and oxygen atoms in total. The molecule has 2 aliphatic rings. The fourth-order valence-corrected chi connectivity index (χ4v) is 4.86. The first-order valence-electron chi connectivity index (χ1n) is 12.5. The molecule has 3 aromatic rings. The van der Waals surface area contributed by atoms with E-state index in [0.29, 0.717) is 40.7 Å². The van der Waals surface area contributed by atoms with Crippen molar-refractivity contribution in [2.24, 2.45) is 5.92 Å². The number of aryl methyl sites for hydroxylation is 1.